The molecule has 0 aliphatic heterocycles. The molecule has 1 unspecified atom stereocenters. The van der Waals surface area contributed by atoms with Gasteiger partial charge in [0, 0.05) is 6.21 Å². The van der Waals surface area contributed by atoms with Crippen LogP contribution in [0.25, 0.3) is 0 Å². The number of hydrogen-bond donors (Lipinski definition) is 3. The second kappa shape index (κ2) is 7.23. The minimum Gasteiger partial charge on any atom is -0.355 e. The molecule has 1 aromatic carbocycles. The fourth-order valence-corrected chi connectivity index (χ4v) is 1.83. The van der Waals surface area contributed by atoms with Crippen molar-refractivity contribution in [2.45, 2.75) is 32.8 Å². The third kappa shape index (κ3) is 6.11. The van der Waals surface area contributed by atoms with E-state index in [4.69, 9.17) is 16.3 Å². The number of aliphatic hydroxyl groups is 1. The van der Waals surface area contributed by atoms with Crippen molar-refractivity contribution in [2.75, 3.05) is 5.43 Å². The molecule has 1 atom stereocenters. The number of ether oxygens (including phenoxy) is 1. The molecule has 7 heteroatoms. The van der Waals surface area contributed by atoms with Crippen molar-refractivity contribution in [3.8, 4) is 0 Å². The van der Waals surface area contributed by atoms with Gasteiger partial charge in [0.15, 0.2) is 0 Å². The highest BCUT2D eigenvalue weighted by atomic mass is 35.5. The lowest BCUT2D eigenvalue weighted by Crippen LogP contribution is -2.41. The number of carbonyl (C=O) groups excluding carboxylic acids is 1. The second-order valence-electron chi connectivity index (χ2n) is 6.10. The number of nitrogens with zero attached hydrogens (tertiary/aromatic N) is 1. The number of rotatable bonds is 6. The molecule has 1 amide bonds. The highest BCUT2D eigenvalue weighted by Crippen LogP contribution is 2.22. The summed E-state index contributed by atoms with van der Waals surface area (Å²) in [6.45, 7) is 5.48. The van der Waals surface area contributed by atoms with Gasteiger partial charge in [-0.25, -0.2) is 4.99 Å². The number of nitrogens with one attached hydrogen (secondary N) is 2. The number of benzene rings is 1. The van der Waals surface area contributed by atoms with Crippen molar-refractivity contribution in [3.63, 3.8) is 0 Å². The first-order valence-electron chi connectivity index (χ1n) is 7.18. The van der Waals surface area contributed by atoms with Gasteiger partial charge in [-0.2, -0.15) is 5.43 Å². The molecule has 0 aromatic heterocycles. The van der Waals surface area contributed by atoms with Gasteiger partial charge in [-0.15, -0.1) is 0 Å². The Morgan fingerprint density at radius 1 is 1.43 bits per heavy atom. The van der Waals surface area contributed by atoms with Gasteiger partial charge < -0.3 is 15.3 Å². The minimum atomic E-state index is -1.20. The van der Waals surface area contributed by atoms with Gasteiger partial charge in [0.05, 0.1) is 22.2 Å². The number of hydrogen-bond acceptors (Lipinski definition) is 5. The zero-order valence-corrected chi connectivity index (χ0v) is 14.0. The molecule has 1 aromatic rings. The Morgan fingerprint density at radius 2 is 2.13 bits per heavy atom. The summed E-state index contributed by atoms with van der Waals surface area (Å²) in [5.41, 5.74) is 6.12. The average molecular weight is 338 g/mol. The van der Waals surface area contributed by atoms with E-state index in [0.717, 1.165) is 0 Å². The predicted molar refractivity (Wildman–Crippen MR) is 90.3 cm³/mol. The maximum Gasteiger partial charge on any atom is 0.256 e. The predicted octanol–water partition coefficient (Wildman–Crippen LogP) is 2.48. The monoisotopic (exact) mass is 337 g/mol. The summed E-state index contributed by atoms with van der Waals surface area (Å²) in [7, 11) is 0. The van der Waals surface area contributed by atoms with Gasteiger partial charge in [-0.1, -0.05) is 29.8 Å². The standard InChI is InChI=1S/C16H20ClN3O3/c1-16(2,3)23-15(22)20-19-13-8-10(4-7-12(13)17)9-18-14(21)11-5-6-11/h4-9,11,15,19-20,22H,1-3H3. The zero-order chi connectivity index (χ0) is 17.0. The Labute approximate surface area is 140 Å². The third-order valence-electron chi connectivity index (χ3n) is 2.80. The Kier molecular flexibility index (Phi) is 5.54. The highest BCUT2D eigenvalue weighted by molar-refractivity contribution is 6.33. The molecular formula is C16H20ClN3O3. The van der Waals surface area contributed by atoms with E-state index in [1.54, 1.807) is 30.4 Å². The summed E-state index contributed by atoms with van der Waals surface area (Å²) >= 11 is 6.09. The van der Waals surface area contributed by atoms with Crippen molar-refractivity contribution in [1.82, 2.24) is 5.43 Å². The van der Waals surface area contributed by atoms with E-state index in [-0.39, 0.29) is 11.8 Å². The molecule has 1 aliphatic carbocycles. The first-order valence-corrected chi connectivity index (χ1v) is 7.55. The summed E-state index contributed by atoms with van der Waals surface area (Å²) in [5, 5.41) is 10.2. The Hall–Kier alpha value is -1.73. The summed E-state index contributed by atoms with van der Waals surface area (Å²) in [4.78, 5) is 15.4. The van der Waals surface area contributed by atoms with Gasteiger partial charge in [0.1, 0.15) is 0 Å². The van der Waals surface area contributed by atoms with Gasteiger partial charge in [-0.05, 0) is 38.5 Å². The fraction of sp³-hybridized carbons (Fsp3) is 0.375. The lowest BCUT2D eigenvalue weighted by atomic mass is 10.2. The molecular weight excluding hydrogens is 318 g/mol. The number of aliphatic imine (C=N–C) groups is 1. The lowest BCUT2D eigenvalue weighted by Gasteiger charge is -2.25. The molecule has 0 heterocycles. The van der Waals surface area contributed by atoms with Crippen LogP contribution in [0.1, 0.15) is 26.3 Å². The second-order valence-corrected chi connectivity index (χ2v) is 6.51. The van der Waals surface area contributed by atoms with E-state index < -0.39 is 12.0 Å². The molecule has 0 fully saturated rings. The molecule has 0 saturated heterocycles. The molecule has 0 bridgehead atoms. The summed E-state index contributed by atoms with van der Waals surface area (Å²) in [6.07, 6.45) is 3.85. The normalized spacial score (nSPS) is 15.9. The SMILES string of the molecule is CC(C)(C)OC(O)NNc1cc(C=NC(=O)C2C=C2)ccc1Cl. The maximum atomic E-state index is 11.5. The van der Waals surface area contributed by atoms with Crippen LogP contribution in [0.2, 0.25) is 5.02 Å². The van der Waals surface area contributed by atoms with Crippen LogP contribution in [0.3, 0.4) is 0 Å². The van der Waals surface area contributed by atoms with E-state index >= 15 is 0 Å². The number of aliphatic hydroxyl groups excluding tert-OH is 1. The minimum absolute atomic E-state index is 0.150. The number of halogens is 1. The zero-order valence-electron chi connectivity index (χ0n) is 13.2. The van der Waals surface area contributed by atoms with Crippen LogP contribution in [0.5, 0.6) is 0 Å². The molecule has 2 rings (SSSR count). The van der Waals surface area contributed by atoms with Crippen LogP contribution >= 0.6 is 11.6 Å². The molecule has 23 heavy (non-hydrogen) atoms. The third-order valence-corrected chi connectivity index (χ3v) is 3.13. The van der Waals surface area contributed by atoms with Crippen molar-refractivity contribution < 1.29 is 14.6 Å². The highest BCUT2D eigenvalue weighted by Gasteiger charge is 2.19. The summed E-state index contributed by atoms with van der Waals surface area (Å²) < 4.78 is 5.30. The van der Waals surface area contributed by atoms with Crippen molar-refractivity contribution >= 4 is 29.4 Å². The molecule has 0 radical (unpaired) electrons. The van der Waals surface area contributed by atoms with E-state index in [0.29, 0.717) is 16.3 Å². The Bertz CT molecular complexity index is 632. The van der Waals surface area contributed by atoms with Gasteiger partial charge in [-0.3, -0.25) is 4.79 Å². The summed E-state index contributed by atoms with van der Waals surface area (Å²) in [5.74, 6) is -0.343. The van der Waals surface area contributed by atoms with Crippen LogP contribution in [-0.2, 0) is 9.53 Å². The van der Waals surface area contributed by atoms with Crippen molar-refractivity contribution in [1.29, 1.82) is 0 Å². The molecule has 0 saturated carbocycles. The van der Waals surface area contributed by atoms with E-state index in [2.05, 4.69) is 15.8 Å². The van der Waals surface area contributed by atoms with E-state index in [1.807, 2.05) is 20.8 Å². The summed E-state index contributed by atoms with van der Waals surface area (Å²) in [6, 6.07) is 5.12. The van der Waals surface area contributed by atoms with Gasteiger partial charge in [0.2, 0.25) is 6.41 Å². The number of amides is 1. The first kappa shape index (κ1) is 17.6. The fourth-order valence-electron chi connectivity index (χ4n) is 1.67. The molecule has 124 valence electrons. The molecule has 6 nitrogen and oxygen atoms in total. The molecule has 3 N–H and O–H groups in total. The average Bonchev–Trinajstić information content (AvgIpc) is 3.27. The quantitative estimate of drug-likeness (QED) is 0.321. The van der Waals surface area contributed by atoms with E-state index in [1.165, 1.54) is 6.21 Å². The van der Waals surface area contributed by atoms with Crippen LogP contribution < -0.4 is 10.9 Å². The molecule has 0 spiro atoms. The number of anilines is 1. The Morgan fingerprint density at radius 3 is 2.74 bits per heavy atom. The Balaban J connectivity index is 1.95. The van der Waals surface area contributed by atoms with Gasteiger partial charge >= 0.3 is 0 Å². The van der Waals surface area contributed by atoms with Crippen LogP contribution in [0.4, 0.5) is 5.69 Å². The van der Waals surface area contributed by atoms with Gasteiger partial charge in [0.25, 0.3) is 5.91 Å². The maximum absolute atomic E-state index is 11.5. The molecule has 1 aliphatic rings. The number of carbonyl (C=O) groups is 1. The topological polar surface area (TPSA) is 82.9 Å². The first-order chi connectivity index (χ1) is 10.7. The van der Waals surface area contributed by atoms with Crippen LogP contribution in [0, 0.1) is 5.92 Å². The van der Waals surface area contributed by atoms with Crippen molar-refractivity contribution in [3.05, 3.63) is 40.9 Å². The van der Waals surface area contributed by atoms with Crippen molar-refractivity contribution in [2.24, 2.45) is 10.9 Å². The largest absolute Gasteiger partial charge is 0.355 e. The number of hydrazine groups is 1. The lowest BCUT2D eigenvalue weighted by molar-refractivity contribution is -0.178. The smallest absolute Gasteiger partial charge is 0.256 e. The van der Waals surface area contributed by atoms with Crippen LogP contribution in [-0.4, -0.2) is 29.2 Å². The van der Waals surface area contributed by atoms with Crippen LogP contribution in [0.15, 0.2) is 35.3 Å². The van der Waals surface area contributed by atoms with E-state index in [9.17, 15) is 9.90 Å².